The van der Waals surface area contributed by atoms with Crippen molar-refractivity contribution in [1.82, 2.24) is 0 Å². The Bertz CT molecular complexity index is 294. The van der Waals surface area contributed by atoms with E-state index in [1.54, 1.807) is 0 Å². The lowest BCUT2D eigenvalue weighted by Gasteiger charge is -2.35. The van der Waals surface area contributed by atoms with Gasteiger partial charge in [-0.1, -0.05) is 22.9 Å². The lowest BCUT2D eigenvalue weighted by molar-refractivity contribution is 0.00445. The Morgan fingerprint density at radius 3 is 2.62 bits per heavy atom. The van der Waals surface area contributed by atoms with E-state index in [0.717, 1.165) is 31.2 Å². The molecule has 0 spiro atoms. The Labute approximate surface area is 107 Å². The molecule has 1 heterocycles. The van der Waals surface area contributed by atoms with E-state index in [1.807, 2.05) is 6.92 Å². The molecular weight excluding hydrogens is 292 g/mol. The summed E-state index contributed by atoms with van der Waals surface area (Å²) in [7, 11) is -2.86. The van der Waals surface area contributed by atoms with Crippen molar-refractivity contribution in [3.63, 3.8) is 0 Å². The molecule has 0 aromatic heterocycles. The normalized spacial score (nSPS) is 26.9. The molecule has 16 heavy (non-hydrogen) atoms. The smallest absolute Gasteiger partial charge is 0.150 e. The summed E-state index contributed by atoms with van der Waals surface area (Å²) in [5, 5.41) is 0.835. The van der Waals surface area contributed by atoms with Crippen LogP contribution in [0.1, 0.15) is 32.6 Å². The summed E-state index contributed by atoms with van der Waals surface area (Å²) in [5.41, 5.74) is 0.0407. The van der Waals surface area contributed by atoms with E-state index in [1.165, 1.54) is 0 Å². The maximum atomic E-state index is 11.7. The molecule has 0 amide bonds. The third-order valence-corrected chi connectivity index (χ3v) is 6.19. The van der Waals surface area contributed by atoms with Crippen LogP contribution in [0, 0.1) is 5.41 Å². The summed E-state index contributed by atoms with van der Waals surface area (Å²) >= 11 is 3.50. The fourth-order valence-electron chi connectivity index (χ4n) is 2.06. The van der Waals surface area contributed by atoms with E-state index in [0.29, 0.717) is 24.5 Å². The summed E-state index contributed by atoms with van der Waals surface area (Å²) in [6.45, 7) is 3.41. The second-order valence-electron chi connectivity index (χ2n) is 4.69. The van der Waals surface area contributed by atoms with Gasteiger partial charge in [-0.15, -0.1) is 0 Å². The summed E-state index contributed by atoms with van der Waals surface area (Å²) in [6.07, 6.45) is 3.54. The monoisotopic (exact) mass is 312 g/mol. The lowest BCUT2D eigenvalue weighted by Crippen LogP contribution is -2.35. The van der Waals surface area contributed by atoms with Crippen molar-refractivity contribution in [2.24, 2.45) is 5.41 Å². The first kappa shape index (κ1) is 14.5. The van der Waals surface area contributed by atoms with Gasteiger partial charge < -0.3 is 4.74 Å². The van der Waals surface area contributed by atoms with Gasteiger partial charge in [-0.25, -0.2) is 8.42 Å². The van der Waals surface area contributed by atoms with Gasteiger partial charge >= 0.3 is 0 Å². The summed E-state index contributed by atoms with van der Waals surface area (Å²) in [4.78, 5) is 0. The molecule has 0 aromatic carbocycles. The number of sulfone groups is 1. The number of alkyl halides is 1. The second kappa shape index (κ2) is 6.36. The molecule has 5 heteroatoms. The van der Waals surface area contributed by atoms with Gasteiger partial charge in [-0.3, -0.25) is 0 Å². The largest absolute Gasteiger partial charge is 0.381 e. The van der Waals surface area contributed by atoms with Gasteiger partial charge in [0.1, 0.15) is 9.84 Å². The van der Waals surface area contributed by atoms with Gasteiger partial charge in [0.15, 0.2) is 0 Å². The quantitative estimate of drug-likeness (QED) is 0.707. The molecule has 0 aromatic rings. The molecule has 0 N–H and O–H groups in total. The van der Waals surface area contributed by atoms with Crippen molar-refractivity contribution < 1.29 is 13.2 Å². The van der Waals surface area contributed by atoms with Crippen molar-refractivity contribution in [2.45, 2.75) is 32.6 Å². The molecule has 1 rings (SSSR count). The van der Waals surface area contributed by atoms with E-state index in [4.69, 9.17) is 4.74 Å². The molecule has 1 unspecified atom stereocenters. The molecule has 1 aliphatic heterocycles. The molecule has 96 valence electrons. The highest BCUT2D eigenvalue weighted by Crippen LogP contribution is 2.34. The maximum Gasteiger partial charge on any atom is 0.150 e. The zero-order chi connectivity index (χ0) is 12.1. The van der Waals surface area contributed by atoms with Crippen LogP contribution in [0.15, 0.2) is 0 Å². The predicted octanol–water partition coefficient (Wildman–Crippen LogP) is 2.39. The van der Waals surface area contributed by atoms with Crippen LogP contribution in [-0.4, -0.2) is 38.5 Å². The second-order valence-corrected chi connectivity index (χ2v) is 7.56. The summed E-state index contributed by atoms with van der Waals surface area (Å²) < 4.78 is 28.8. The fraction of sp³-hybridized carbons (Fsp3) is 1.00. The van der Waals surface area contributed by atoms with Crippen LogP contribution in [0.3, 0.4) is 0 Å². The van der Waals surface area contributed by atoms with Gasteiger partial charge in [0.25, 0.3) is 0 Å². The van der Waals surface area contributed by atoms with Crippen LogP contribution >= 0.6 is 15.9 Å². The Kier molecular flexibility index (Phi) is 5.74. The molecule has 0 bridgehead atoms. The Morgan fingerprint density at radius 2 is 2.12 bits per heavy atom. The van der Waals surface area contributed by atoms with Crippen molar-refractivity contribution in [3.8, 4) is 0 Å². The first-order valence-corrected chi connectivity index (χ1v) is 8.82. The Morgan fingerprint density at radius 1 is 1.38 bits per heavy atom. The minimum atomic E-state index is -2.86. The SMILES string of the molecule is CCCS(=O)(=O)CCC1(CBr)CCCOC1. The molecule has 1 aliphatic rings. The summed E-state index contributed by atoms with van der Waals surface area (Å²) in [6, 6.07) is 0. The van der Waals surface area contributed by atoms with Crippen LogP contribution < -0.4 is 0 Å². The summed E-state index contributed by atoms with van der Waals surface area (Å²) in [5.74, 6) is 0.613. The Hall–Kier alpha value is 0.390. The van der Waals surface area contributed by atoms with E-state index in [2.05, 4.69) is 15.9 Å². The first-order chi connectivity index (χ1) is 7.54. The lowest BCUT2D eigenvalue weighted by atomic mass is 9.82. The van der Waals surface area contributed by atoms with Gasteiger partial charge in [0.2, 0.25) is 0 Å². The van der Waals surface area contributed by atoms with Crippen LogP contribution in [0.2, 0.25) is 0 Å². The van der Waals surface area contributed by atoms with Crippen LogP contribution in [0.4, 0.5) is 0 Å². The van der Waals surface area contributed by atoms with Gasteiger partial charge in [-0.05, 0) is 25.7 Å². The third-order valence-electron chi connectivity index (χ3n) is 3.15. The van der Waals surface area contributed by atoms with E-state index < -0.39 is 9.84 Å². The molecular formula is C11H21BrO3S. The van der Waals surface area contributed by atoms with E-state index in [9.17, 15) is 8.42 Å². The molecule has 1 atom stereocenters. The van der Waals surface area contributed by atoms with Gasteiger partial charge in [0, 0.05) is 23.1 Å². The highest BCUT2D eigenvalue weighted by molar-refractivity contribution is 9.09. The average molecular weight is 313 g/mol. The molecule has 1 saturated heterocycles. The van der Waals surface area contributed by atoms with Crippen molar-refractivity contribution in [2.75, 3.05) is 30.0 Å². The zero-order valence-electron chi connectivity index (χ0n) is 9.87. The van der Waals surface area contributed by atoms with Crippen LogP contribution in [0.25, 0.3) is 0 Å². The molecule has 3 nitrogen and oxygen atoms in total. The highest BCUT2D eigenvalue weighted by atomic mass is 79.9. The molecule has 0 aliphatic carbocycles. The van der Waals surface area contributed by atoms with Crippen molar-refractivity contribution >= 4 is 25.8 Å². The van der Waals surface area contributed by atoms with Crippen LogP contribution in [0.5, 0.6) is 0 Å². The first-order valence-electron chi connectivity index (χ1n) is 5.88. The highest BCUT2D eigenvalue weighted by Gasteiger charge is 2.32. The molecule has 0 radical (unpaired) electrons. The predicted molar refractivity (Wildman–Crippen MR) is 69.8 cm³/mol. The molecule has 0 saturated carbocycles. The van der Waals surface area contributed by atoms with Crippen molar-refractivity contribution in [1.29, 1.82) is 0 Å². The van der Waals surface area contributed by atoms with E-state index >= 15 is 0 Å². The number of hydrogen-bond acceptors (Lipinski definition) is 3. The number of rotatable bonds is 6. The number of halogens is 1. The van der Waals surface area contributed by atoms with Gasteiger partial charge in [0.05, 0.1) is 12.4 Å². The van der Waals surface area contributed by atoms with Crippen molar-refractivity contribution in [3.05, 3.63) is 0 Å². The fourth-order valence-corrected chi connectivity index (χ4v) is 4.36. The average Bonchev–Trinajstić information content (AvgIpc) is 2.28. The molecule has 1 fully saturated rings. The maximum absolute atomic E-state index is 11.7. The minimum absolute atomic E-state index is 0.0407. The Balaban J connectivity index is 2.50. The number of ether oxygens (including phenoxy) is 1. The third kappa shape index (κ3) is 4.34. The van der Waals surface area contributed by atoms with Crippen LogP contribution in [-0.2, 0) is 14.6 Å². The minimum Gasteiger partial charge on any atom is -0.381 e. The number of hydrogen-bond donors (Lipinski definition) is 0. The van der Waals surface area contributed by atoms with Gasteiger partial charge in [-0.2, -0.15) is 0 Å². The van der Waals surface area contributed by atoms with E-state index in [-0.39, 0.29) is 5.41 Å². The zero-order valence-corrected chi connectivity index (χ0v) is 12.3. The standard InChI is InChI=1S/C11H21BrO3S/c1-2-7-16(13,14)8-5-11(9-12)4-3-6-15-10-11/h2-10H2,1H3. The topological polar surface area (TPSA) is 43.4 Å².